The number of rotatable bonds is 11. The first kappa shape index (κ1) is 15.9. The van der Waals surface area contributed by atoms with Crippen molar-refractivity contribution < 1.29 is 9.53 Å². The predicted octanol–water partition coefficient (Wildman–Crippen LogP) is 0.813. The molecule has 0 aromatic heterocycles. The number of nitrogens with one attached hydrogen (secondary N) is 2. The minimum absolute atomic E-state index is 0.141. The van der Waals surface area contributed by atoms with Crippen molar-refractivity contribution in [3.05, 3.63) is 0 Å². The highest BCUT2D eigenvalue weighted by Crippen LogP contribution is 1.87. The van der Waals surface area contributed by atoms with Crippen molar-refractivity contribution in [3.63, 3.8) is 0 Å². The van der Waals surface area contributed by atoms with Crippen LogP contribution in [0.15, 0.2) is 0 Å². The van der Waals surface area contributed by atoms with Crippen LogP contribution in [0.2, 0.25) is 0 Å². The lowest BCUT2D eigenvalue weighted by Gasteiger charge is -2.05. The minimum Gasteiger partial charge on any atom is -0.466 e. The maximum atomic E-state index is 11.0. The molecule has 0 bridgehead atoms. The molecule has 0 saturated carbocycles. The molecule has 0 heterocycles. The van der Waals surface area contributed by atoms with Gasteiger partial charge in [-0.3, -0.25) is 4.79 Å². The highest BCUT2D eigenvalue weighted by Gasteiger charge is 1.99. The van der Waals surface area contributed by atoms with Crippen molar-refractivity contribution in [2.45, 2.75) is 32.6 Å². The van der Waals surface area contributed by atoms with Gasteiger partial charge in [0.1, 0.15) is 0 Å². The Labute approximate surface area is 104 Å². The molecule has 0 aromatic rings. The molecule has 2 N–H and O–H groups in total. The topological polar surface area (TPSA) is 74.2 Å². The Morgan fingerprint density at radius 2 is 1.82 bits per heavy atom. The Kier molecular flexibility index (Phi) is 12.1. The third-order valence-electron chi connectivity index (χ3n) is 2.18. The fraction of sp³-hybridized carbons (Fsp3) is 0.833. The summed E-state index contributed by atoms with van der Waals surface area (Å²) in [5, 5.41) is 14.7. The Balaban J connectivity index is 3.04. The fourth-order valence-corrected chi connectivity index (χ4v) is 1.32. The number of hydrogen-bond acceptors (Lipinski definition) is 5. The van der Waals surface area contributed by atoms with Crippen molar-refractivity contribution in [2.24, 2.45) is 0 Å². The molecule has 0 aromatic carbocycles. The number of carbonyl (C=O) groups is 1. The minimum atomic E-state index is -0.141. The summed E-state index contributed by atoms with van der Waals surface area (Å²) in [7, 11) is 0. The van der Waals surface area contributed by atoms with E-state index in [0.29, 0.717) is 26.0 Å². The van der Waals surface area contributed by atoms with Crippen molar-refractivity contribution in [1.82, 2.24) is 10.6 Å². The van der Waals surface area contributed by atoms with Crippen molar-refractivity contribution in [3.8, 4) is 6.07 Å². The maximum Gasteiger partial charge on any atom is 0.307 e. The molecule has 5 nitrogen and oxygen atoms in total. The van der Waals surface area contributed by atoms with Crippen molar-refractivity contribution in [2.75, 3.05) is 32.8 Å². The van der Waals surface area contributed by atoms with Crippen LogP contribution in [-0.4, -0.2) is 38.8 Å². The van der Waals surface area contributed by atoms with Gasteiger partial charge in [-0.05, 0) is 32.9 Å². The molecule has 17 heavy (non-hydrogen) atoms. The van der Waals surface area contributed by atoms with Crippen LogP contribution in [0, 0.1) is 11.3 Å². The van der Waals surface area contributed by atoms with Crippen LogP contribution in [0.25, 0.3) is 0 Å². The van der Waals surface area contributed by atoms with Gasteiger partial charge in [0.05, 0.1) is 19.1 Å². The summed E-state index contributed by atoms with van der Waals surface area (Å²) in [6.45, 7) is 5.58. The Hall–Kier alpha value is -1.12. The molecule has 0 radical (unpaired) electrons. The molecule has 0 aliphatic rings. The summed E-state index contributed by atoms with van der Waals surface area (Å²) in [4.78, 5) is 11.0. The van der Waals surface area contributed by atoms with E-state index < -0.39 is 0 Å². The van der Waals surface area contributed by atoms with E-state index in [2.05, 4.69) is 16.7 Å². The Morgan fingerprint density at radius 1 is 1.18 bits per heavy atom. The highest BCUT2D eigenvalue weighted by molar-refractivity contribution is 5.69. The van der Waals surface area contributed by atoms with Gasteiger partial charge >= 0.3 is 5.97 Å². The van der Waals surface area contributed by atoms with Crippen LogP contribution < -0.4 is 10.6 Å². The normalized spacial score (nSPS) is 9.88. The maximum absolute atomic E-state index is 11.0. The molecule has 0 fully saturated rings. The first-order chi connectivity index (χ1) is 8.31. The van der Waals surface area contributed by atoms with Gasteiger partial charge in [0, 0.05) is 19.5 Å². The first-order valence-corrected chi connectivity index (χ1v) is 6.25. The molecule has 0 spiro atoms. The summed E-state index contributed by atoms with van der Waals surface area (Å²) in [6, 6.07) is 2.09. The largest absolute Gasteiger partial charge is 0.466 e. The molecule has 0 aliphatic heterocycles. The quantitative estimate of drug-likeness (QED) is 0.414. The van der Waals surface area contributed by atoms with Gasteiger partial charge in [-0.2, -0.15) is 5.26 Å². The Bertz CT molecular complexity index is 226. The van der Waals surface area contributed by atoms with Crippen LogP contribution in [0.1, 0.15) is 32.6 Å². The summed E-state index contributed by atoms with van der Waals surface area (Å²) in [5.41, 5.74) is 0. The van der Waals surface area contributed by atoms with E-state index in [0.717, 1.165) is 32.5 Å². The molecule has 0 amide bonds. The summed E-state index contributed by atoms with van der Waals surface area (Å²) < 4.78 is 4.81. The lowest BCUT2D eigenvalue weighted by atomic mass is 10.3. The number of nitrogens with zero attached hydrogens (tertiary/aromatic N) is 1. The van der Waals surface area contributed by atoms with Crippen LogP contribution in [-0.2, 0) is 9.53 Å². The van der Waals surface area contributed by atoms with Gasteiger partial charge in [0.2, 0.25) is 0 Å². The van der Waals surface area contributed by atoms with Crippen LogP contribution in [0.5, 0.6) is 0 Å². The van der Waals surface area contributed by atoms with Gasteiger partial charge in [-0.15, -0.1) is 0 Å². The summed E-state index contributed by atoms with van der Waals surface area (Å²) >= 11 is 0. The predicted molar refractivity (Wildman–Crippen MR) is 66.5 cm³/mol. The number of nitriles is 1. The number of unbranched alkanes of at least 4 members (excludes halogenated alkanes) is 1. The summed E-state index contributed by atoms with van der Waals surface area (Å²) in [6.07, 6.45) is 3.16. The van der Waals surface area contributed by atoms with Gasteiger partial charge < -0.3 is 15.4 Å². The summed E-state index contributed by atoms with van der Waals surface area (Å²) in [5.74, 6) is -0.141. The van der Waals surface area contributed by atoms with E-state index in [-0.39, 0.29) is 5.97 Å². The Morgan fingerprint density at radius 3 is 2.41 bits per heavy atom. The first-order valence-electron chi connectivity index (χ1n) is 6.25. The molecular formula is C12H23N3O2. The zero-order chi connectivity index (χ0) is 12.8. The average molecular weight is 241 g/mol. The molecule has 0 aliphatic carbocycles. The zero-order valence-electron chi connectivity index (χ0n) is 10.6. The van der Waals surface area contributed by atoms with Gasteiger partial charge in [-0.25, -0.2) is 0 Å². The van der Waals surface area contributed by atoms with Crippen LogP contribution in [0.3, 0.4) is 0 Å². The number of ether oxygens (including phenoxy) is 1. The third kappa shape index (κ3) is 12.8. The molecule has 5 heteroatoms. The standard InChI is InChI=1S/C12H23N3O2/c1-2-17-12(16)6-11-15-9-4-3-8-14-10-5-7-13/h14-15H,2-6,8-11H2,1H3. The van der Waals surface area contributed by atoms with Crippen molar-refractivity contribution >= 4 is 5.97 Å². The van der Waals surface area contributed by atoms with Crippen molar-refractivity contribution in [1.29, 1.82) is 5.26 Å². The van der Waals surface area contributed by atoms with E-state index >= 15 is 0 Å². The lowest BCUT2D eigenvalue weighted by Crippen LogP contribution is -2.22. The second kappa shape index (κ2) is 12.9. The molecule has 0 unspecified atom stereocenters. The third-order valence-corrected chi connectivity index (χ3v) is 2.18. The monoisotopic (exact) mass is 241 g/mol. The molecule has 0 rings (SSSR count). The average Bonchev–Trinajstić information content (AvgIpc) is 2.32. The van der Waals surface area contributed by atoms with Gasteiger partial charge in [-0.1, -0.05) is 0 Å². The molecule has 0 saturated heterocycles. The van der Waals surface area contributed by atoms with E-state index in [1.165, 1.54) is 0 Å². The number of carbonyl (C=O) groups excluding carboxylic acids is 1. The smallest absolute Gasteiger partial charge is 0.307 e. The highest BCUT2D eigenvalue weighted by atomic mass is 16.5. The van der Waals surface area contributed by atoms with Gasteiger partial charge in [0.15, 0.2) is 0 Å². The van der Waals surface area contributed by atoms with Crippen LogP contribution >= 0.6 is 0 Å². The number of esters is 1. The second-order valence-corrected chi connectivity index (χ2v) is 3.67. The van der Waals surface area contributed by atoms with E-state index in [1.807, 2.05) is 6.92 Å². The SMILES string of the molecule is CCOC(=O)CCNCCCCNCCC#N. The fourth-order valence-electron chi connectivity index (χ4n) is 1.32. The lowest BCUT2D eigenvalue weighted by molar-refractivity contribution is -0.142. The zero-order valence-corrected chi connectivity index (χ0v) is 10.6. The molecule has 98 valence electrons. The van der Waals surface area contributed by atoms with Gasteiger partial charge in [0.25, 0.3) is 0 Å². The molecular weight excluding hydrogens is 218 g/mol. The molecule has 0 atom stereocenters. The second-order valence-electron chi connectivity index (χ2n) is 3.67. The van der Waals surface area contributed by atoms with E-state index in [1.54, 1.807) is 0 Å². The van der Waals surface area contributed by atoms with E-state index in [9.17, 15) is 4.79 Å². The van der Waals surface area contributed by atoms with E-state index in [4.69, 9.17) is 10.00 Å². The van der Waals surface area contributed by atoms with Crippen LogP contribution in [0.4, 0.5) is 0 Å². The number of hydrogen-bond donors (Lipinski definition) is 2.